The van der Waals surface area contributed by atoms with E-state index in [4.69, 9.17) is 12.2 Å². The van der Waals surface area contributed by atoms with Crippen LogP contribution in [0.5, 0.6) is 0 Å². The molecule has 0 radical (unpaired) electrons. The Morgan fingerprint density at radius 3 is 1.92 bits per heavy atom. The Bertz CT molecular complexity index is 668. The third kappa shape index (κ3) is 5.42. The Morgan fingerprint density at radius 1 is 0.833 bits per heavy atom. The fourth-order valence-corrected chi connectivity index (χ4v) is 3.13. The molecule has 0 spiro atoms. The number of hydrogen-bond acceptors (Lipinski definition) is 1. The van der Waals surface area contributed by atoms with Crippen LogP contribution in [0.25, 0.3) is 6.08 Å². The van der Waals surface area contributed by atoms with E-state index in [1.54, 1.807) is 0 Å². The number of hydrogen-bond donors (Lipinski definition) is 0. The first-order valence-electron chi connectivity index (χ1n) is 9.10. The number of allylic oxidation sites excluding steroid dienone is 1. The average Bonchev–Trinajstić information content (AvgIpc) is 2.60. The second-order valence-corrected chi connectivity index (χ2v) is 6.77. The molecule has 1 heteroatoms. The van der Waals surface area contributed by atoms with E-state index in [0.29, 0.717) is 0 Å². The van der Waals surface area contributed by atoms with Gasteiger partial charge in [-0.3, -0.25) is 0 Å². The van der Waals surface area contributed by atoms with Crippen LogP contribution in [-0.2, 0) is 19.3 Å². The van der Waals surface area contributed by atoms with Crippen molar-refractivity contribution < 1.29 is 0 Å². The first kappa shape index (κ1) is 18.6. The van der Waals surface area contributed by atoms with Crippen molar-refractivity contribution in [2.75, 3.05) is 0 Å². The number of aryl methyl sites for hydroxylation is 3. The van der Waals surface area contributed by atoms with Crippen LogP contribution >= 0.6 is 12.2 Å². The van der Waals surface area contributed by atoms with Gasteiger partial charge in [-0.2, -0.15) is 0 Å². The molecule has 0 saturated carbocycles. The molecule has 0 fully saturated rings. The van der Waals surface area contributed by atoms with E-state index >= 15 is 0 Å². The maximum atomic E-state index is 5.58. The molecular weight excluding hydrogens is 308 g/mol. The fraction of sp³-hybridized carbons (Fsp3) is 0.348. The van der Waals surface area contributed by atoms with Crippen LogP contribution in [0, 0.1) is 0 Å². The van der Waals surface area contributed by atoms with Crippen molar-refractivity contribution in [1.29, 1.82) is 0 Å². The first-order chi connectivity index (χ1) is 11.7. The van der Waals surface area contributed by atoms with E-state index < -0.39 is 0 Å². The van der Waals surface area contributed by atoms with Gasteiger partial charge in [0, 0.05) is 4.86 Å². The molecule has 0 aliphatic rings. The monoisotopic (exact) mass is 336 g/mol. The highest BCUT2D eigenvalue weighted by atomic mass is 32.1. The Hall–Kier alpha value is -1.73. The molecule has 0 heterocycles. The van der Waals surface area contributed by atoms with Crippen LogP contribution in [0.3, 0.4) is 0 Å². The molecule has 0 aromatic heterocycles. The minimum atomic E-state index is 0.899. The number of benzene rings is 2. The van der Waals surface area contributed by atoms with Crippen LogP contribution < -0.4 is 0 Å². The van der Waals surface area contributed by atoms with Crippen molar-refractivity contribution in [3.05, 3.63) is 76.4 Å². The summed E-state index contributed by atoms with van der Waals surface area (Å²) in [5.41, 5.74) is 6.60. The Morgan fingerprint density at radius 2 is 1.42 bits per heavy atom. The summed E-state index contributed by atoms with van der Waals surface area (Å²) in [4.78, 5) is 0.899. The molecule has 0 aliphatic heterocycles. The summed E-state index contributed by atoms with van der Waals surface area (Å²) in [6, 6.07) is 15.5. The van der Waals surface area contributed by atoms with Gasteiger partial charge in [0.2, 0.25) is 0 Å². The van der Waals surface area contributed by atoms with Gasteiger partial charge in [0.05, 0.1) is 0 Å². The Kier molecular flexibility index (Phi) is 7.39. The molecule has 0 aliphatic carbocycles. The second kappa shape index (κ2) is 9.54. The Balaban J connectivity index is 2.18. The molecule has 0 unspecified atom stereocenters. The lowest BCUT2D eigenvalue weighted by Gasteiger charge is -2.07. The predicted octanol–water partition coefficient (Wildman–Crippen LogP) is 6.59. The van der Waals surface area contributed by atoms with Gasteiger partial charge < -0.3 is 0 Å². The molecule has 2 aromatic carbocycles. The molecule has 24 heavy (non-hydrogen) atoms. The lowest BCUT2D eigenvalue weighted by molar-refractivity contribution is 0.895. The normalized spacial score (nSPS) is 11.1. The van der Waals surface area contributed by atoms with Crippen LogP contribution in [0.2, 0.25) is 0 Å². The number of rotatable bonds is 8. The second-order valence-electron chi connectivity index (χ2n) is 6.33. The van der Waals surface area contributed by atoms with Gasteiger partial charge in [-0.15, -0.1) is 0 Å². The molecule has 0 atom stereocenters. The van der Waals surface area contributed by atoms with Crippen molar-refractivity contribution in [3.8, 4) is 0 Å². The lowest BCUT2D eigenvalue weighted by atomic mass is 9.99. The molecule has 126 valence electrons. The van der Waals surface area contributed by atoms with E-state index in [9.17, 15) is 0 Å². The van der Waals surface area contributed by atoms with Crippen molar-refractivity contribution in [3.63, 3.8) is 0 Å². The summed E-state index contributed by atoms with van der Waals surface area (Å²) in [6.45, 7) is 6.64. The zero-order chi connectivity index (χ0) is 17.4. The van der Waals surface area contributed by atoms with Crippen LogP contribution in [0.15, 0.2) is 48.5 Å². The summed E-state index contributed by atoms with van der Waals surface area (Å²) in [5, 5.41) is 0. The van der Waals surface area contributed by atoms with E-state index in [2.05, 4.69) is 75.4 Å². The van der Waals surface area contributed by atoms with Gasteiger partial charge in [0.25, 0.3) is 0 Å². The maximum Gasteiger partial charge on any atom is 0.0449 e. The minimum absolute atomic E-state index is 0.899. The first-order valence-corrected chi connectivity index (χ1v) is 9.51. The Labute approximate surface area is 152 Å². The topological polar surface area (TPSA) is 0 Å². The smallest absolute Gasteiger partial charge is 0.0449 e. The van der Waals surface area contributed by atoms with Gasteiger partial charge in [0.1, 0.15) is 0 Å². The largest absolute Gasteiger partial charge is 0.0795 e. The predicted molar refractivity (Wildman–Crippen MR) is 111 cm³/mol. The number of thiocarbonyl (C=S) groups is 1. The van der Waals surface area contributed by atoms with Crippen LogP contribution in [0.4, 0.5) is 0 Å². The van der Waals surface area contributed by atoms with Gasteiger partial charge >= 0.3 is 0 Å². The van der Waals surface area contributed by atoms with Gasteiger partial charge in [-0.05, 0) is 53.2 Å². The summed E-state index contributed by atoms with van der Waals surface area (Å²) in [7, 11) is 0. The standard InChI is InChI=1S/C23H28S/c1-4-7-19-15-20(8-5-2)17-21(16-19)11-14-23(24)22-12-9-18(6-3)10-13-22/h9-17H,4-8H2,1-3H3. The van der Waals surface area contributed by atoms with E-state index in [1.807, 2.05) is 0 Å². The van der Waals surface area contributed by atoms with Crippen LogP contribution in [0.1, 0.15) is 61.4 Å². The summed E-state index contributed by atoms with van der Waals surface area (Å²) >= 11 is 5.58. The van der Waals surface area contributed by atoms with Crippen molar-refractivity contribution in [2.24, 2.45) is 0 Å². The van der Waals surface area contributed by atoms with E-state index in [0.717, 1.165) is 29.7 Å². The van der Waals surface area contributed by atoms with E-state index in [1.165, 1.54) is 35.1 Å². The summed E-state index contributed by atoms with van der Waals surface area (Å²) in [5.74, 6) is 0. The van der Waals surface area contributed by atoms with E-state index in [-0.39, 0.29) is 0 Å². The zero-order valence-electron chi connectivity index (χ0n) is 15.1. The lowest BCUT2D eigenvalue weighted by Crippen LogP contribution is -1.94. The zero-order valence-corrected chi connectivity index (χ0v) is 16.0. The van der Waals surface area contributed by atoms with Gasteiger partial charge in [-0.25, -0.2) is 0 Å². The molecular formula is C23H28S. The third-order valence-corrected chi connectivity index (χ3v) is 4.60. The third-order valence-electron chi connectivity index (χ3n) is 4.23. The molecule has 2 rings (SSSR count). The highest BCUT2D eigenvalue weighted by Crippen LogP contribution is 2.16. The van der Waals surface area contributed by atoms with Gasteiger partial charge in [-0.1, -0.05) is 94.4 Å². The van der Waals surface area contributed by atoms with Crippen LogP contribution in [-0.4, -0.2) is 4.86 Å². The SMILES string of the molecule is CCCc1cc(C=CC(=S)c2ccc(CC)cc2)cc(CCC)c1. The van der Waals surface area contributed by atoms with Crippen molar-refractivity contribution in [1.82, 2.24) is 0 Å². The minimum Gasteiger partial charge on any atom is -0.0795 e. The summed E-state index contributed by atoms with van der Waals surface area (Å²) < 4.78 is 0. The molecule has 0 nitrogen and oxygen atoms in total. The molecule has 0 N–H and O–H groups in total. The summed E-state index contributed by atoms with van der Waals surface area (Å²) in [6.07, 6.45) is 9.93. The average molecular weight is 337 g/mol. The van der Waals surface area contributed by atoms with Gasteiger partial charge in [0.15, 0.2) is 0 Å². The molecule has 0 saturated heterocycles. The molecule has 0 amide bonds. The van der Waals surface area contributed by atoms with Crippen molar-refractivity contribution in [2.45, 2.75) is 52.9 Å². The molecule has 2 aromatic rings. The van der Waals surface area contributed by atoms with Crippen molar-refractivity contribution >= 4 is 23.2 Å². The fourth-order valence-electron chi connectivity index (χ4n) is 2.93. The quantitative estimate of drug-likeness (QED) is 0.298. The maximum absolute atomic E-state index is 5.58. The highest BCUT2D eigenvalue weighted by Gasteiger charge is 2.01. The highest BCUT2D eigenvalue weighted by molar-refractivity contribution is 7.81. The molecule has 0 bridgehead atoms.